The molecular formula is C17H16BrF2N3O2S2. The van der Waals surface area contributed by atoms with Crippen LogP contribution in [0.25, 0.3) is 0 Å². The van der Waals surface area contributed by atoms with E-state index in [4.69, 9.17) is 0 Å². The molecule has 1 fully saturated rings. The maximum absolute atomic E-state index is 13.2. The molecule has 1 atom stereocenters. The summed E-state index contributed by atoms with van der Waals surface area (Å²) in [6.07, 6.45) is 4.85. The van der Waals surface area contributed by atoms with E-state index in [2.05, 4.69) is 31.5 Å². The van der Waals surface area contributed by atoms with E-state index in [0.717, 1.165) is 44.9 Å². The van der Waals surface area contributed by atoms with Crippen molar-refractivity contribution in [3.8, 4) is 0 Å². The summed E-state index contributed by atoms with van der Waals surface area (Å²) in [6, 6.07) is 0. The van der Waals surface area contributed by atoms with Crippen LogP contribution in [0.2, 0.25) is 0 Å². The minimum absolute atomic E-state index is 0.295. The summed E-state index contributed by atoms with van der Waals surface area (Å²) in [4.78, 5) is 31.0. The number of amides is 2. The van der Waals surface area contributed by atoms with Crippen LogP contribution >= 0.6 is 38.6 Å². The van der Waals surface area contributed by atoms with Gasteiger partial charge in [-0.3, -0.25) is 9.59 Å². The Hall–Kier alpha value is -1.39. The van der Waals surface area contributed by atoms with Gasteiger partial charge in [0.05, 0.1) is 12.1 Å². The van der Waals surface area contributed by atoms with Gasteiger partial charge in [0, 0.05) is 22.4 Å². The molecule has 0 spiro atoms. The molecule has 0 bridgehead atoms. The predicted octanol–water partition coefficient (Wildman–Crippen LogP) is 4.37. The van der Waals surface area contributed by atoms with Crippen LogP contribution in [0.4, 0.5) is 13.8 Å². The quantitative estimate of drug-likeness (QED) is 0.674. The highest BCUT2D eigenvalue weighted by atomic mass is 79.9. The van der Waals surface area contributed by atoms with Crippen molar-refractivity contribution in [2.75, 3.05) is 5.32 Å². The standard InChI is InChI=1S/C17H16BrF2N3O2S2/c18-16-22-7-8(26-16)6-21-14(25)12-9-3-1-2-4-11(9)27-15(12)23-13(24)10-5-17(10,19)20/h7,10H,1-6H2,(H,21,25)(H,23,24). The first kappa shape index (κ1) is 18.9. The van der Waals surface area contributed by atoms with E-state index in [-0.39, 0.29) is 5.91 Å². The summed E-state index contributed by atoms with van der Waals surface area (Å²) in [6.45, 7) is 0.320. The summed E-state index contributed by atoms with van der Waals surface area (Å²) in [5.41, 5.74) is 1.36. The molecule has 5 nitrogen and oxygen atoms in total. The van der Waals surface area contributed by atoms with Crippen LogP contribution in [-0.4, -0.2) is 22.7 Å². The second-order valence-corrected chi connectivity index (χ2v) is 10.2. The van der Waals surface area contributed by atoms with E-state index in [0.29, 0.717) is 17.1 Å². The molecule has 0 saturated heterocycles. The lowest BCUT2D eigenvalue weighted by Crippen LogP contribution is -2.25. The van der Waals surface area contributed by atoms with Gasteiger partial charge in [-0.25, -0.2) is 13.8 Å². The SMILES string of the molecule is O=C(NCc1cnc(Br)s1)c1c(NC(=O)C2CC2(F)F)sc2c1CCCC2. The van der Waals surface area contributed by atoms with Gasteiger partial charge in [0.15, 0.2) is 3.92 Å². The average Bonchev–Trinajstić information content (AvgIpc) is 2.95. The Morgan fingerprint density at radius 2 is 2.04 bits per heavy atom. The molecule has 1 saturated carbocycles. The molecule has 2 aliphatic carbocycles. The van der Waals surface area contributed by atoms with E-state index in [1.807, 2.05) is 0 Å². The molecule has 1 unspecified atom stereocenters. The van der Waals surface area contributed by atoms with E-state index in [1.165, 1.54) is 22.7 Å². The third-order valence-electron chi connectivity index (χ3n) is 4.73. The number of halogens is 3. The summed E-state index contributed by atoms with van der Waals surface area (Å²) in [5.74, 6) is -5.22. The van der Waals surface area contributed by atoms with Gasteiger partial charge in [0.2, 0.25) is 5.91 Å². The van der Waals surface area contributed by atoms with E-state index >= 15 is 0 Å². The van der Waals surface area contributed by atoms with E-state index in [9.17, 15) is 18.4 Å². The van der Waals surface area contributed by atoms with Crippen molar-refractivity contribution in [2.45, 2.75) is 44.6 Å². The number of hydrogen-bond donors (Lipinski definition) is 2. The molecule has 0 aromatic carbocycles. The molecular weight excluding hydrogens is 460 g/mol. The molecule has 10 heteroatoms. The number of thiophene rings is 1. The molecule has 0 aliphatic heterocycles. The second-order valence-electron chi connectivity index (χ2n) is 6.68. The Morgan fingerprint density at radius 1 is 1.30 bits per heavy atom. The fourth-order valence-electron chi connectivity index (χ4n) is 3.21. The van der Waals surface area contributed by atoms with Crippen molar-refractivity contribution < 1.29 is 18.4 Å². The van der Waals surface area contributed by atoms with Gasteiger partial charge in [-0.1, -0.05) is 0 Å². The van der Waals surface area contributed by atoms with Crippen LogP contribution in [0.1, 0.15) is 44.9 Å². The monoisotopic (exact) mass is 475 g/mol. The number of aromatic nitrogens is 1. The van der Waals surface area contributed by atoms with Gasteiger partial charge in [-0.2, -0.15) is 0 Å². The zero-order chi connectivity index (χ0) is 19.2. The number of carbonyl (C=O) groups is 2. The van der Waals surface area contributed by atoms with Crippen LogP contribution in [0, 0.1) is 5.92 Å². The van der Waals surface area contributed by atoms with Gasteiger partial charge in [-0.05, 0) is 47.2 Å². The smallest absolute Gasteiger partial charge is 0.260 e. The van der Waals surface area contributed by atoms with E-state index in [1.54, 1.807) is 6.20 Å². The van der Waals surface area contributed by atoms with E-state index < -0.39 is 24.2 Å². The third-order valence-corrected chi connectivity index (χ3v) is 7.41. The van der Waals surface area contributed by atoms with Gasteiger partial charge in [0.1, 0.15) is 10.9 Å². The summed E-state index contributed by atoms with van der Waals surface area (Å²) < 4.78 is 27.1. The number of rotatable bonds is 5. The molecule has 0 radical (unpaired) electrons. The van der Waals surface area contributed by atoms with Crippen LogP contribution < -0.4 is 10.6 Å². The fourth-order valence-corrected chi connectivity index (χ4v) is 5.80. The van der Waals surface area contributed by atoms with Gasteiger partial charge in [-0.15, -0.1) is 22.7 Å². The highest BCUT2D eigenvalue weighted by Gasteiger charge is 2.61. The Kier molecular flexibility index (Phi) is 5.06. The first-order valence-corrected chi connectivity index (χ1v) is 11.0. The summed E-state index contributed by atoms with van der Waals surface area (Å²) >= 11 is 6.04. The number of thiazole rings is 1. The Labute approximate surface area is 170 Å². The maximum Gasteiger partial charge on any atom is 0.260 e. The number of carbonyl (C=O) groups excluding carboxylic acids is 2. The first-order chi connectivity index (χ1) is 12.8. The van der Waals surface area contributed by atoms with Crippen LogP contribution in [0.15, 0.2) is 10.1 Å². The van der Waals surface area contributed by atoms with Crippen molar-refractivity contribution in [3.63, 3.8) is 0 Å². The molecule has 144 valence electrons. The van der Waals surface area contributed by atoms with Crippen LogP contribution in [0.5, 0.6) is 0 Å². The van der Waals surface area contributed by atoms with Crippen molar-refractivity contribution >= 4 is 55.4 Å². The first-order valence-electron chi connectivity index (χ1n) is 8.57. The van der Waals surface area contributed by atoms with Crippen LogP contribution in [0.3, 0.4) is 0 Å². The molecule has 2 aromatic rings. The Balaban J connectivity index is 1.55. The zero-order valence-corrected chi connectivity index (χ0v) is 17.3. The lowest BCUT2D eigenvalue weighted by atomic mass is 9.95. The van der Waals surface area contributed by atoms with Crippen molar-refractivity contribution in [1.82, 2.24) is 10.3 Å². The molecule has 4 rings (SSSR count). The number of aryl methyl sites for hydroxylation is 1. The zero-order valence-electron chi connectivity index (χ0n) is 14.1. The topological polar surface area (TPSA) is 71.1 Å². The number of fused-ring (bicyclic) bond motifs is 1. The van der Waals surface area contributed by atoms with Crippen molar-refractivity contribution in [1.29, 1.82) is 0 Å². The van der Waals surface area contributed by atoms with Crippen molar-refractivity contribution in [3.05, 3.63) is 31.0 Å². The molecule has 2 aromatic heterocycles. The lowest BCUT2D eigenvalue weighted by Gasteiger charge is -2.13. The van der Waals surface area contributed by atoms with Gasteiger partial charge < -0.3 is 10.6 Å². The summed E-state index contributed by atoms with van der Waals surface area (Å²) in [7, 11) is 0. The minimum atomic E-state index is -2.93. The highest BCUT2D eigenvalue weighted by molar-refractivity contribution is 9.11. The predicted molar refractivity (Wildman–Crippen MR) is 104 cm³/mol. The van der Waals surface area contributed by atoms with Crippen molar-refractivity contribution in [2.24, 2.45) is 5.92 Å². The third kappa shape index (κ3) is 3.93. The molecule has 2 aliphatic rings. The Morgan fingerprint density at radius 3 is 2.70 bits per heavy atom. The van der Waals surface area contributed by atoms with Gasteiger partial charge in [0.25, 0.3) is 11.8 Å². The maximum atomic E-state index is 13.2. The normalized spacial score (nSPS) is 20.0. The number of nitrogens with one attached hydrogen (secondary N) is 2. The lowest BCUT2D eigenvalue weighted by molar-refractivity contribution is -0.119. The minimum Gasteiger partial charge on any atom is -0.347 e. The largest absolute Gasteiger partial charge is 0.347 e. The number of nitrogens with zero attached hydrogens (tertiary/aromatic N) is 1. The molecule has 2 N–H and O–H groups in total. The molecule has 27 heavy (non-hydrogen) atoms. The number of anilines is 1. The van der Waals surface area contributed by atoms with Crippen LogP contribution in [-0.2, 0) is 24.2 Å². The van der Waals surface area contributed by atoms with Gasteiger partial charge >= 0.3 is 0 Å². The molecule has 2 amide bonds. The number of alkyl halides is 2. The average molecular weight is 476 g/mol. The summed E-state index contributed by atoms with van der Waals surface area (Å²) in [5, 5.41) is 5.83. The fraction of sp³-hybridized carbons (Fsp3) is 0.471. The Bertz CT molecular complexity index is 912. The highest BCUT2D eigenvalue weighted by Crippen LogP contribution is 2.49. The second kappa shape index (κ2) is 7.21. The number of hydrogen-bond acceptors (Lipinski definition) is 5. The molecule has 2 heterocycles.